The first-order chi connectivity index (χ1) is 7.00. The van der Waals surface area contributed by atoms with Crippen LogP contribution in [0.15, 0.2) is 10.5 Å². The molecule has 10 heteroatoms. The lowest BCUT2D eigenvalue weighted by atomic mass is 10.3. The summed E-state index contributed by atoms with van der Waals surface area (Å²) in [5.41, 5.74) is 4.93. The van der Waals surface area contributed by atoms with Crippen molar-refractivity contribution in [3.05, 3.63) is 11.1 Å². The van der Waals surface area contributed by atoms with E-state index >= 15 is 0 Å². The van der Waals surface area contributed by atoms with Gasteiger partial charge in [0.05, 0.1) is 0 Å². The van der Waals surface area contributed by atoms with E-state index in [1.807, 2.05) is 0 Å². The normalized spacial score (nSPS) is 9.82. The van der Waals surface area contributed by atoms with E-state index in [9.17, 15) is 9.59 Å². The van der Waals surface area contributed by atoms with E-state index in [1.165, 1.54) is 5.38 Å². The zero-order valence-corrected chi connectivity index (χ0v) is 9.45. The average molecular weight is 265 g/mol. The highest BCUT2D eigenvalue weighted by Crippen LogP contribution is 2.12. The number of thiazole rings is 1. The molecule has 0 saturated carbocycles. The van der Waals surface area contributed by atoms with Crippen LogP contribution in [0.2, 0.25) is 0 Å². The third-order valence-electron chi connectivity index (χ3n) is 1.23. The maximum atomic E-state index is 10.7. The molecule has 0 atom stereocenters. The van der Waals surface area contributed by atoms with E-state index in [1.54, 1.807) is 0 Å². The predicted octanol–water partition coefficient (Wildman–Crippen LogP) is -1.57. The van der Waals surface area contributed by atoms with Gasteiger partial charge in [0.2, 0.25) is 5.71 Å². The van der Waals surface area contributed by atoms with Crippen LogP contribution in [-0.2, 0) is 14.4 Å². The summed E-state index contributed by atoms with van der Waals surface area (Å²) >= 11 is 1.07. The fraction of sp³-hybridized carbons (Fsp3) is 0.143. The van der Waals surface area contributed by atoms with Gasteiger partial charge in [0, 0.05) is 12.3 Å². The van der Waals surface area contributed by atoms with E-state index in [-0.39, 0.29) is 21.8 Å². The minimum Gasteiger partial charge on any atom is -0.476 e. The second-order valence-electron chi connectivity index (χ2n) is 2.40. The lowest BCUT2D eigenvalue weighted by Crippen LogP contribution is -2.16. The standard InChI is InChI=1S/C7H7N3O4S.2H2O/c1-3(11)14-10-5(6(12)13)4-2-15-7(8)9-4;;/h2H,1H3,(H2,8,9)(H,12,13);2*1H2/b10-5+;;. The first kappa shape index (κ1) is 17.4. The monoisotopic (exact) mass is 265 g/mol. The molecule has 1 heterocycles. The molecule has 1 aromatic rings. The van der Waals surface area contributed by atoms with Gasteiger partial charge < -0.3 is 26.6 Å². The second kappa shape index (κ2) is 7.27. The average Bonchev–Trinajstić information content (AvgIpc) is 2.51. The van der Waals surface area contributed by atoms with Gasteiger partial charge in [0.1, 0.15) is 5.69 Å². The summed E-state index contributed by atoms with van der Waals surface area (Å²) in [6.07, 6.45) is 0. The van der Waals surface area contributed by atoms with Crippen molar-refractivity contribution < 1.29 is 30.5 Å². The summed E-state index contributed by atoms with van der Waals surface area (Å²) in [6.45, 7) is 1.11. The summed E-state index contributed by atoms with van der Waals surface area (Å²) in [5.74, 6) is -2.06. The van der Waals surface area contributed by atoms with Gasteiger partial charge in [-0.15, -0.1) is 11.3 Å². The molecule has 96 valence electrons. The van der Waals surface area contributed by atoms with Crippen LogP contribution in [0.5, 0.6) is 0 Å². The van der Waals surface area contributed by atoms with Gasteiger partial charge >= 0.3 is 11.9 Å². The van der Waals surface area contributed by atoms with Crippen molar-refractivity contribution >= 4 is 34.1 Å². The maximum absolute atomic E-state index is 10.7. The van der Waals surface area contributed by atoms with Crippen LogP contribution in [-0.4, -0.2) is 38.7 Å². The summed E-state index contributed by atoms with van der Waals surface area (Å²) in [6, 6.07) is 0. The molecule has 1 aromatic heterocycles. The fourth-order valence-corrected chi connectivity index (χ4v) is 1.25. The van der Waals surface area contributed by atoms with Gasteiger partial charge in [-0.3, -0.25) is 0 Å². The minimum atomic E-state index is -1.35. The molecule has 17 heavy (non-hydrogen) atoms. The molecule has 1 rings (SSSR count). The molecule has 0 aromatic carbocycles. The number of nitrogens with zero attached hydrogens (tertiary/aromatic N) is 2. The van der Waals surface area contributed by atoms with E-state index in [2.05, 4.69) is 15.0 Å². The largest absolute Gasteiger partial charge is 0.476 e. The van der Waals surface area contributed by atoms with Crippen molar-refractivity contribution in [3.63, 3.8) is 0 Å². The van der Waals surface area contributed by atoms with Gasteiger partial charge in [-0.2, -0.15) is 0 Å². The first-order valence-electron chi connectivity index (χ1n) is 3.71. The number of nitrogen functional groups attached to an aromatic ring is 1. The van der Waals surface area contributed by atoms with Gasteiger partial charge in [-0.1, -0.05) is 5.16 Å². The highest BCUT2D eigenvalue weighted by molar-refractivity contribution is 7.13. The Bertz CT molecular complexity index is 429. The van der Waals surface area contributed by atoms with Crippen LogP contribution in [0.1, 0.15) is 12.6 Å². The van der Waals surface area contributed by atoms with Crippen LogP contribution in [0, 0.1) is 0 Å². The Morgan fingerprint density at radius 2 is 2.12 bits per heavy atom. The SMILES string of the molecule is CC(=O)O/N=C(/C(=O)O)c1csc(N)n1.O.O. The number of aliphatic carboxylic acids is 1. The van der Waals surface area contributed by atoms with Gasteiger partial charge in [-0.05, 0) is 0 Å². The Hall–Kier alpha value is -2.04. The lowest BCUT2D eigenvalue weighted by Gasteiger charge is -1.95. The molecule has 0 bridgehead atoms. The maximum Gasteiger partial charge on any atom is 0.360 e. The van der Waals surface area contributed by atoms with Crippen molar-refractivity contribution in [3.8, 4) is 0 Å². The third kappa shape index (κ3) is 5.01. The zero-order valence-electron chi connectivity index (χ0n) is 8.63. The molecular formula is C7H11N3O6S. The van der Waals surface area contributed by atoms with Crippen LogP contribution >= 0.6 is 11.3 Å². The van der Waals surface area contributed by atoms with Crippen molar-refractivity contribution in [2.75, 3.05) is 5.73 Å². The highest BCUT2D eigenvalue weighted by atomic mass is 32.1. The number of carbonyl (C=O) groups excluding carboxylic acids is 1. The second-order valence-corrected chi connectivity index (χ2v) is 3.29. The molecule has 0 unspecified atom stereocenters. The molecular weight excluding hydrogens is 254 g/mol. The third-order valence-corrected chi connectivity index (χ3v) is 1.91. The van der Waals surface area contributed by atoms with Crippen molar-refractivity contribution in [1.29, 1.82) is 0 Å². The molecule has 9 nitrogen and oxygen atoms in total. The minimum absolute atomic E-state index is 0. The van der Waals surface area contributed by atoms with Crippen LogP contribution < -0.4 is 5.73 Å². The Morgan fingerprint density at radius 3 is 2.47 bits per heavy atom. The molecule has 0 spiro atoms. The number of hydrogen-bond acceptors (Lipinski definition) is 7. The van der Waals surface area contributed by atoms with E-state index in [0.717, 1.165) is 18.3 Å². The highest BCUT2D eigenvalue weighted by Gasteiger charge is 2.17. The Labute approximate surface area is 99.1 Å². The van der Waals surface area contributed by atoms with Gasteiger partial charge in [0.15, 0.2) is 5.13 Å². The quantitative estimate of drug-likeness (QED) is 0.378. The van der Waals surface area contributed by atoms with E-state index < -0.39 is 17.7 Å². The van der Waals surface area contributed by atoms with E-state index in [0.29, 0.717) is 0 Å². The number of carboxylic acids is 1. The topological polar surface area (TPSA) is 178 Å². The van der Waals surface area contributed by atoms with Gasteiger partial charge in [0.25, 0.3) is 0 Å². The zero-order chi connectivity index (χ0) is 11.4. The number of oxime groups is 1. The lowest BCUT2D eigenvalue weighted by molar-refractivity contribution is -0.141. The molecule has 0 radical (unpaired) electrons. The fourth-order valence-electron chi connectivity index (χ4n) is 0.702. The Balaban J connectivity index is 0. The van der Waals surface area contributed by atoms with Crippen molar-refractivity contribution in [2.24, 2.45) is 5.16 Å². The number of hydrogen-bond donors (Lipinski definition) is 2. The summed E-state index contributed by atoms with van der Waals surface area (Å²) in [7, 11) is 0. The predicted molar refractivity (Wildman–Crippen MR) is 59.7 cm³/mol. The molecule has 0 aliphatic carbocycles. The molecule has 7 N–H and O–H groups in total. The molecule has 0 aliphatic rings. The van der Waals surface area contributed by atoms with Gasteiger partial charge in [-0.25, -0.2) is 14.6 Å². The van der Waals surface area contributed by atoms with E-state index in [4.69, 9.17) is 10.8 Å². The molecule has 0 aliphatic heterocycles. The number of carbonyl (C=O) groups is 2. The van der Waals surface area contributed by atoms with Crippen LogP contribution in [0.4, 0.5) is 5.13 Å². The first-order valence-corrected chi connectivity index (χ1v) is 4.59. The smallest absolute Gasteiger partial charge is 0.360 e. The van der Waals surface area contributed by atoms with Crippen LogP contribution in [0.25, 0.3) is 0 Å². The van der Waals surface area contributed by atoms with Crippen molar-refractivity contribution in [2.45, 2.75) is 6.92 Å². The summed E-state index contributed by atoms with van der Waals surface area (Å²) in [4.78, 5) is 29.1. The summed E-state index contributed by atoms with van der Waals surface area (Å²) < 4.78 is 0. The van der Waals surface area contributed by atoms with Crippen LogP contribution in [0.3, 0.4) is 0 Å². The Morgan fingerprint density at radius 1 is 1.53 bits per heavy atom. The molecule has 0 fully saturated rings. The molecule has 0 saturated heterocycles. The van der Waals surface area contributed by atoms with Crippen molar-refractivity contribution in [1.82, 2.24) is 4.98 Å². The number of carboxylic acid groups (broad SMARTS) is 1. The number of rotatable bonds is 3. The molecule has 0 amide bonds. The number of aromatic nitrogens is 1. The Kier molecular flexibility index (Phi) is 7.42. The number of anilines is 1. The summed E-state index contributed by atoms with van der Waals surface area (Å²) in [5, 5.41) is 13.5. The number of nitrogens with two attached hydrogens (primary N) is 1.